The molecule has 0 aromatic carbocycles. The van der Waals surface area contributed by atoms with Crippen molar-refractivity contribution in [3.8, 4) is 0 Å². The molecule has 25 heavy (non-hydrogen) atoms. The monoisotopic (exact) mass is 403 g/mol. The van der Waals surface area contributed by atoms with Crippen molar-refractivity contribution in [1.29, 1.82) is 0 Å². The molecule has 0 aliphatic carbocycles. The van der Waals surface area contributed by atoms with E-state index in [2.05, 4.69) is 15.0 Å². The van der Waals surface area contributed by atoms with E-state index in [1.165, 1.54) is 11.1 Å². The van der Waals surface area contributed by atoms with Gasteiger partial charge in [0.05, 0.1) is 6.20 Å². The Morgan fingerprint density at radius 1 is 1.28 bits per heavy atom. The summed E-state index contributed by atoms with van der Waals surface area (Å²) < 4.78 is 68.5. The summed E-state index contributed by atoms with van der Waals surface area (Å²) in [6, 6.07) is -1.84. The fraction of sp³-hybridized carbons (Fsp3) is 0.769. The second-order valence-corrected chi connectivity index (χ2v) is 7.68. The summed E-state index contributed by atoms with van der Waals surface area (Å²) in [5, 5.41) is 2.93. The number of aromatic nitrogens is 2. The molecule has 1 atom stereocenters. The third-order valence-electron chi connectivity index (χ3n) is 4.40. The molecule has 0 radical (unpaired) electrons. The van der Waals surface area contributed by atoms with Gasteiger partial charge in [0, 0.05) is 45.7 Å². The maximum Gasteiger partial charge on any atom is 0.405 e. The average Bonchev–Trinajstić information content (AvgIpc) is 3.09. The van der Waals surface area contributed by atoms with E-state index in [0.717, 1.165) is 6.42 Å². The van der Waals surface area contributed by atoms with Gasteiger partial charge in [0.25, 0.3) is 10.0 Å². The van der Waals surface area contributed by atoms with E-state index in [4.69, 9.17) is 0 Å². The van der Waals surface area contributed by atoms with Crippen LogP contribution in [0.4, 0.5) is 13.2 Å². The number of fused-ring (bicyclic) bond motifs is 1. The van der Waals surface area contributed by atoms with Crippen LogP contribution in [0, 0.1) is 0 Å². The zero-order valence-electron chi connectivity index (χ0n) is 13.4. The van der Waals surface area contributed by atoms with Crippen LogP contribution >= 0.6 is 12.4 Å². The Morgan fingerprint density at radius 2 is 1.96 bits per heavy atom. The van der Waals surface area contributed by atoms with Crippen LogP contribution in [0.2, 0.25) is 0 Å². The molecule has 1 unspecified atom stereocenters. The molecule has 3 rings (SSSR count). The normalized spacial score (nSPS) is 20.1. The van der Waals surface area contributed by atoms with E-state index in [1.54, 1.807) is 4.57 Å². The zero-order valence-corrected chi connectivity index (χ0v) is 15.1. The number of sulfonamides is 1. The number of piperazine rings is 1. The van der Waals surface area contributed by atoms with Crippen LogP contribution in [0.1, 0.15) is 12.2 Å². The molecule has 1 aromatic rings. The first-order chi connectivity index (χ1) is 11.3. The molecular formula is C13H21ClF3N5O2S. The molecule has 0 bridgehead atoms. The fourth-order valence-corrected chi connectivity index (χ4v) is 4.36. The molecule has 0 saturated carbocycles. The van der Waals surface area contributed by atoms with Crippen LogP contribution < -0.4 is 10.0 Å². The summed E-state index contributed by atoms with van der Waals surface area (Å²) in [6.45, 7) is 1.19. The lowest BCUT2D eigenvalue weighted by Gasteiger charge is -2.35. The van der Waals surface area contributed by atoms with Crippen LogP contribution in [0.3, 0.4) is 0 Å². The second-order valence-electron chi connectivity index (χ2n) is 5.96. The number of imidazole rings is 1. The highest BCUT2D eigenvalue weighted by Crippen LogP contribution is 2.26. The highest BCUT2D eigenvalue weighted by Gasteiger charge is 2.44. The predicted octanol–water partition coefficient (Wildman–Crippen LogP) is 0.365. The number of nitrogens with one attached hydrogen (secondary N) is 2. The maximum absolute atomic E-state index is 13.3. The van der Waals surface area contributed by atoms with E-state index in [9.17, 15) is 21.6 Å². The minimum atomic E-state index is -4.50. The van der Waals surface area contributed by atoms with E-state index >= 15 is 0 Å². The summed E-state index contributed by atoms with van der Waals surface area (Å²) in [4.78, 5) is 5.30. The molecule has 1 fully saturated rings. The minimum Gasteiger partial charge on any atom is -0.318 e. The molecular weight excluding hydrogens is 383 g/mol. The van der Waals surface area contributed by atoms with Crippen molar-refractivity contribution in [3.05, 3.63) is 12.0 Å². The molecule has 1 saturated heterocycles. The van der Waals surface area contributed by atoms with Gasteiger partial charge >= 0.3 is 6.18 Å². The first kappa shape index (κ1) is 20.4. The van der Waals surface area contributed by atoms with Gasteiger partial charge in [-0.15, -0.1) is 12.4 Å². The minimum absolute atomic E-state index is 0. The Morgan fingerprint density at radius 3 is 2.60 bits per heavy atom. The lowest BCUT2D eigenvalue weighted by molar-refractivity contribution is -0.182. The van der Waals surface area contributed by atoms with Crippen molar-refractivity contribution in [3.63, 3.8) is 0 Å². The Labute approximate surface area is 150 Å². The Kier molecular flexibility index (Phi) is 6.36. The average molecular weight is 404 g/mol. The summed E-state index contributed by atoms with van der Waals surface area (Å²) in [5.74, 6) is 0.657. The van der Waals surface area contributed by atoms with Gasteiger partial charge in [-0.2, -0.15) is 13.2 Å². The second kappa shape index (κ2) is 7.78. The Hall–Kier alpha value is -0.880. The highest BCUT2D eigenvalue weighted by atomic mass is 35.5. The quantitative estimate of drug-likeness (QED) is 0.742. The van der Waals surface area contributed by atoms with Gasteiger partial charge in [0.1, 0.15) is 11.9 Å². The zero-order chi connectivity index (χ0) is 17.4. The number of hydrogen-bond donors (Lipinski definition) is 2. The standard InChI is InChI=1S/C13H20F3N5O2S.ClH/c14-13(15,16)10(20-6-3-17-4-7-20)8-19-24(22,23)12-9-18-11-2-1-5-21(11)12;/h9-10,17,19H,1-8H2;1H. The Balaban J connectivity index is 0.00000225. The Bertz CT molecular complexity index is 688. The molecule has 2 N–H and O–H groups in total. The lowest BCUT2D eigenvalue weighted by atomic mass is 10.2. The van der Waals surface area contributed by atoms with Crippen molar-refractivity contribution in [2.45, 2.75) is 36.6 Å². The molecule has 1 aromatic heterocycles. The predicted molar refractivity (Wildman–Crippen MR) is 87.3 cm³/mol. The first-order valence-electron chi connectivity index (χ1n) is 7.84. The van der Waals surface area contributed by atoms with Gasteiger partial charge in [0.2, 0.25) is 0 Å². The van der Waals surface area contributed by atoms with Gasteiger partial charge < -0.3 is 9.88 Å². The third kappa shape index (κ3) is 4.45. The third-order valence-corrected chi connectivity index (χ3v) is 5.82. The number of aryl methyl sites for hydroxylation is 1. The number of nitrogens with zero attached hydrogens (tertiary/aromatic N) is 3. The molecule has 0 spiro atoms. The van der Waals surface area contributed by atoms with Crippen molar-refractivity contribution in [1.82, 2.24) is 24.5 Å². The van der Waals surface area contributed by atoms with Gasteiger partial charge in [-0.1, -0.05) is 0 Å². The first-order valence-corrected chi connectivity index (χ1v) is 9.33. The summed E-state index contributed by atoms with van der Waals surface area (Å²) in [7, 11) is -4.03. The molecule has 12 heteroatoms. The maximum atomic E-state index is 13.3. The lowest BCUT2D eigenvalue weighted by Crippen LogP contribution is -2.57. The van der Waals surface area contributed by atoms with Crippen molar-refractivity contribution in [2.24, 2.45) is 0 Å². The van der Waals surface area contributed by atoms with Gasteiger partial charge in [0.15, 0.2) is 5.03 Å². The van der Waals surface area contributed by atoms with Crippen LogP contribution in [-0.4, -0.2) is 67.8 Å². The van der Waals surface area contributed by atoms with Crippen LogP contribution in [0.15, 0.2) is 11.2 Å². The molecule has 2 aliphatic rings. The molecule has 0 amide bonds. The number of halogens is 4. The molecule has 7 nitrogen and oxygen atoms in total. The van der Waals surface area contributed by atoms with E-state index in [0.29, 0.717) is 31.9 Å². The van der Waals surface area contributed by atoms with E-state index in [-0.39, 0.29) is 30.5 Å². The van der Waals surface area contributed by atoms with Crippen molar-refractivity contribution >= 4 is 22.4 Å². The van der Waals surface area contributed by atoms with Crippen molar-refractivity contribution in [2.75, 3.05) is 32.7 Å². The van der Waals surface area contributed by atoms with E-state index < -0.39 is 28.8 Å². The number of rotatable bonds is 5. The molecule has 2 aliphatic heterocycles. The molecule has 144 valence electrons. The van der Waals surface area contributed by atoms with Crippen LogP contribution in [0.5, 0.6) is 0 Å². The highest BCUT2D eigenvalue weighted by molar-refractivity contribution is 7.89. The van der Waals surface area contributed by atoms with Crippen LogP contribution in [-0.2, 0) is 23.0 Å². The van der Waals surface area contributed by atoms with E-state index in [1.807, 2.05) is 0 Å². The number of hydrogen-bond acceptors (Lipinski definition) is 5. The van der Waals surface area contributed by atoms with Crippen molar-refractivity contribution < 1.29 is 21.6 Å². The number of alkyl halides is 3. The fourth-order valence-electron chi connectivity index (χ4n) is 3.15. The smallest absolute Gasteiger partial charge is 0.318 e. The molecule has 3 heterocycles. The summed E-state index contributed by atoms with van der Waals surface area (Å²) in [6.07, 6.45) is -1.82. The summed E-state index contributed by atoms with van der Waals surface area (Å²) in [5.41, 5.74) is 0. The van der Waals surface area contributed by atoms with Gasteiger partial charge in [-0.25, -0.2) is 18.1 Å². The van der Waals surface area contributed by atoms with Gasteiger partial charge in [-0.3, -0.25) is 4.90 Å². The van der Waals surface area contributed by atoms with Crippen LogP contribution in [0.25, 0.3) is 0 Å². The van der Waals surface area contributed by atoms with Gasteiger partial charge in [-0.05, 0) is 6.42 Å². The topological polar surface area (TPSA) is 79.3 Å². The SMILES string of the molecule is Cl.O=S(=O)(NCC(N1CCNCC1)C(F)(F)F)c1cnc2n1CCC2. The summed E-state index contributed by atoms with van der Waals surface area (Å²) >= 11 is 0. The largest absolute Gasteiger partial charge is 0.405 e.